The number of fused-ring (bicyclic) bond motifs is 1. The molecule has 0 saturated heterocycles. The number of pyridine rings is 1. The summed E-state index contributed by atoms with van der Waals surface area (Å²) in [5.74, 6) is 0.0949. The fourth-order valence-electron chi connectivity index (χ4n) is 1.73. The van der Waals surface area contributed by atoms with Gasteiger partial charge in [-0.3, -0.25) is 9.78 Å². The van der Waals surface area contributed by atoms with Gasteiger partial charge < -0.3 is 5.32 Å². The van der Waals surface area contributed by atoms with Crippen LogP contribution in [0.15, 0.2) is 12.3 Å². The van der Waals surface area contributed by atoms with E-state index in [0.717, 1.165) is 37.2 Å². The van der Waals surface area contributed by atoms with Crippen LogP contribution in [0, 0.1) is 0 Å². The third kappa shape index (κ3) is 1.82. The van der Waals surface area contributed by atoms with E-state index < -0.39 is 0 Å². The van der Waals surface area contributed by atoms with Gasteiger partial charge in [-0.15, -0.1) is 0 Å². The summed E-state index contributed by atoms with van der Waals surface area (Å²) in [6.07, 6.45) is 3.63. The summed E-state index contributed by atoms with van der Waals surface area (Å²) < 4.78 is 0. The van der Waals surface area contributed by atoms with E-state index in [0.29, 0.717) is 0 Å². The van der Waals surface area contributed by atoms with Crippen LogP contribution in [0.25, 0.3) is 0 Å². The Balaban J connectivity index is 2.37. The maximum atomic E-state index is 11.2. The fourth-order valence-corrected chi connectivity index (χ4v) is 1.73. The van der Waals surface area contributed by atoms with Gasteiger partial charge in [-0.25, -0.2) is 0 Å². The lowest BCUT2D eigenvalue weighted by atomic mass is 10.1. The van der Waals surface area contributed by atoms with Crippen LogP contribution in [0.2, 0.25) is 0 Å². The number of rotatable bonds is 1. The zero-order valence-electron chi connectivity index (χ0n) is 8.34. The fraction of sp³-hybridized carbons (Fsp3) is 0.455. The number of hydrogen-bond donors (Lipinski definition) is 1. The van der Waals surface area contributed by atoms with Crippen molar-refractivity contribution >= 4 is 5.78 Å². The van der Waals surface area contributed by atoms with Gasteiger partial charge in [0.2, 0.25) is 0 Å². The summed E-state index contributed by atoms with van der Waals surface area (Å²) >= 11 is 0. The Labute approximate surface area is 83.5 Å². The van der Waals surface area contributed by atoms with Crippen molar-refractivity contribution in [1.82, 2.24) is 10.3 Å². The standard InChI is InChI=1S/C11H14N2O/c1-8(14)10-6-9-2-4-12-5-3-11(9)13-7-10/h6-7,12H,2-5H2,1H3. The number of aromatic nitrogens is 1. The van der Waals surface area contributed by atoms with E-state index >= 15 is 0 Å². The van der Waals surface area contributed by atoms with Crippen molar-refractivity contribution in [2.24, 2.45) is 0 Å². The first-order valence-electron chi connectivity index (χ1n) is 4.97. The Morgan fingerprint density at radius 2 is 2.21 bits per heavy atom. The lowest BCUT2D eigenvalue weighted by Crippen LogP contribution is -2.16. The van der Waals surface area contributed by atoms with Crippen molar-refractivity contribution in [2.75, 3.05) is 13.1 Å². The number of nitrogens with one attached hydrogen (secondary N) is 1. The Morgan fingerprint density at radius 3 is 3.00 bits per heavy atom. The Morgan fingerprint density at radius 1 is 1.43 bits per heavy atom. The Bertz CT molecular complexity index is 360. The van der Waals surface area contributed by atoms with E-state index in [1.165, 1.54) is 5.56 Å². The molecule has 2 heterocycles. The van der Waals surface area contributed by atoms with E-state index in [-0.39, 0.29) is 5.78 Å². The van der Waals surface area contributed by atoms with Gasteiger partial charge in [0.15, 0.2) is 5.78 Å². The molecule has 0 bridgehead atoms. The molecule has 3 heteroatoms. The lowest BCUT2D eigenvalue weighted by Gasteiger charge is -2.04. The van der Waals surface area contributed by atoms with Crippen molar-refractivity contribution in [1.29, 1.82) is 0 Å². The van der Waals surface area contributed by atoms with Crippen LogP contribution in [0.5, 0.6) is 0 Å². The maximum absolute atomic E-state index is 11.2. The third-order valence-electron chi connectivity index (χ3n) is 2.58. The molecule has 74 valence electrons. The summed E-state index contributed by atoms with van der Waals surface area (Å²) in [6.45, 7) is 3.55. The molecule has 0 radical (unpaired) electrons. The Kier molecular flexibility index (Phi) is 2.59. The lowest BCUT2D eigenvalue weighted by molar-refractivity contribution is 0.101. The average Bonchev–Trinajstić information content (AvgIpc) is 2.41. The van der Waals surface area contributed by atoms with Crippen LogP contribution in [0.4, 0.5) is 0 Å². The van der Waals surface area contributed by atoms with Gasteiger partial charge in [0.1, 0.15) is 0 Å². The van der Waals surface area contributed by atoms with Crippen molar-refractivity contribution in [2.45, 2.75) is 19.8 Å². The van der Waals surface area contributed by atoms with Gasteiger partial charge in [0, 0.05) is 30.4 Å². The number of ketones is 1. The van der Waals surface area contributed by atoms with Gasteiger partial charge in [0.05, 0.1) is 0 Å². The first-order valence-corrected chi connectivity index (χ1v) is 4.97. The molecule has 0 saturated carbocycles. The predicted octanol–water partition coefficient (Wildman–Crippen LogP) is 0.972. The molecule has 14 heavy (non-hydrogen) atoms. The minimum Gasteiger partial charge on any atom is -0.316 e. The van der Waals surface area contributed by atoms with Crippen LogP contribution in [0.1, 0.15) is 28.5 Å². The smallest absolute Gasteiger partial charge is 0.161 e. The molecule has 2 rings (SSSR count). The first kappa shape index (κ1) is 9.34. The molecule has 0 aliphatic carbocycles. The van der Waals surface area contributed by atoms with Crippen molar-refractivity contribution < 1.29 is 4.79 Å². The quantitative estimate of drug-likeness (QED) is 0.671. The number of carbonyl (C=O) groups is 1. The highest BCUT2D eigenvalue weighted by molar-refractivity contribution is 5.93. The molecule has 1 aromatic heterocycles. The minimum atomic E-state index is 0.0949. The highest BCUT2D eigenvalue weighted by Gasteiger charge is 2.10. The van der Waals surface area contributed by atoms with Crippen LogP contribution < -0.4 is 5.32 Å². The molecular formula is C11H14N2O. The number of Topliss-reactive ketones (excluding diaryl/α,β-unsaturated/α-hetero) is 1. The van der Waals surface area contributed by atoms with Gasteiger partial charge in [-0.1, -0.05) is 0 Å². The van der Waals surface area contributed by atoms with E-state index in [1.807, 2.05) is 6.07 Å². The van der Waals surface area contributed by atoms with E-state index in [9.17, 15) is 4.79 Å². The molecular weight excluding hydrogens is 176 g/mol. The minimum absolute atomic E-state index is 0.0949. The third-order valence-corrected chi connectivity index (χ3v) is 2.58. The molecule has 1 aliphatic heterocycles. The van der Waals surface area contributed by atoms with E-state index in [4.69, 9.17) is 0 Å². The second-order valence-corrected chi connectivity index (χ2v) is 3.64. The molecule has 1 aromatic rings. The van der Waals surface area contributed by atoms with Crippen LogP contribution >= 0.6 is 0 Å². The maximum Gasteiger partial charge on any atom is 0.161 e. The molecule has 0 unspecified atom stereocenters. The highest BCUT2D eigenvalue weighted by atomic mass is 16.1. The van der Waals surface area contributed by atoms with Gasteiger partial charge in [-0.05, 0) is 31.5 Å². The average molecular weight is 190 g/mol. The largest absolute Gasteiger partial charge is 0.316 e. The molecule has 3 nitrogen and oxygen atoms in total. The SMILES string of the molecule is CC(=O)c1cnc2c(c1)CCNCC2. The zero-order valence-corrected chi connectivity index (χ0v) is 8.34. The zero-order chi connectivity index (χ0) is 9.97. The van der Waals surface area contributed by atoms with E-state index in [2.05, 4.69) is 10.3 Å². The highest BCUT2D eigenvalue weighted by Crippen LogP contribution is 2.12. The molecule has 0 aromatic carbocycles. The summed E-state index contributed by atoms with van der Waals surface area (Å²) in [4.78, 5) is 15.5. The number of hydrogen-bond acceptors (Lipinski definition) is 3. The van der Waals surface area contributed by atoms with Crippen LogP contribution in [-0.2, 0) is 12.8 Å². The predicted molar refractivity (Wildman–Crippen MR) is 54.5 cm³/mol. The second kappa shape index (κ2) is 3.88. The van der Waals surface area contributed by atoms with Crippen molar-refractivity contribution in [3.8, 4) is 0 Å². The van der Waals surface area contributed by atoms with Crippen molar-refractivity contribution in [3.05, 3.63) is 29.1 Å². The van der Waals surface area contributed by atoms with Gasteiger partial charge in [0.25, 0.3) is 0 Å². The molecule has 0 spiro atoms. The molecule has 0 fully saturated rings. The summed E-state index contributed by atoms with van der Waals surface area (Å²) in [5, 5.41) is 3.32. The van der Waals surface area contributed by atoms with Gasteiger partial charge in [-0.2, -0.15) is 0 Å². The summed E-state index contributed by atoms with van der Waals surface area (Å²) in [7, 11) is 0. The normalized spacial score (nSPS) is 15.8. The number of carbonyl (C=O) groups excluding carboxylic acids is 1. The summed E-state index contributed by atoms with van der Waals surface area (Å²) in [6, 6.07) is 1.98. The van der Waals surface area contributed by atoms with Crippen molar-refractivity contribution in [3.63, 3.8) is 0 Å². The van der Waals surface area contributed by atoms with Gasteiger partial charge >= 0.3 is 0 Å². The van der Waals surface area contributed by atoms with Crippen LogP contribution in [0.3, 0.4) is 0 Å². The van der Waals surface area contributed by atoms with E-state index in [1.54, 1.807) is 13.1 Å². The number of nitrogens with zero attached hydrogens (tertiary/aromatic N) is 1. The first-order chi connectivity index (χ1) is 6.77. The monoisotopic (exact) mass is 190 g/mol. The molecule has 0 atom stereocenters. The second-order valence-electron chi connectivity index (χ2n) is 3.64. The topological polar surface area (TPSA) is 42.0 Å². The Hall–Kier alpha value is -1.22. The molecule has 0 amide bonds. The van der Waals surface area contributed by atoms with Crippen LogP contribution in [-0.4, -0.2) is 23.9 Å². The molecule has 1 N–H and O–H groups in total. The molecule has 1 aliphatic rings. The summed E-state index contributed by atoms with van der Waals surface area (Å²) in [5.41, 5.74) is 3.09.